The average molecular weight is 308 g/mol. The minimum Gasteiger partial charge on any atom is -0.494 e. The number of ether oxygens (including phenoxy) is 1. The van der Waals surface area contributed by atoms with Gasteiger partial charge in [0.15, 0.2) is 16.7 Å². The number of benzene rings is 1. The van der Waals surface area contributed by atoms with E-state index in [1.165, 1.54) is 18.9 Å². The predicted octanol–water partition coefficient (Wildman–Crippen LogP) is 2.51. The molecule has 112 valence electrons. The second-order valence-corrected chi connectivity index (χ2v) is 5.87. The van der Waals surface area contributed by atoms with Gasteiger partial charge in [0.1, 0.15) is 5.82 Å². The highest BCUT2D eigenvalue weighted by Gasteiger charge is 2.29. The van der Waals surface area contributed by atoms with Crippen molar-refractivity contribution < 1.29 is 9.13 Å². The van der Waals surface area contributed by atoms with E-state index in [2.05, 4.69) is 14.8 Å². The second-order valence-electron chi connectivity index (χ2n) is 4.93. The number of halogens is 1. The highest BCUT2D eigenvalue weighted by molar-refractivity contribution is 7.98. The molecule has 0 bridgehead atoms. The lowest BCUT2D eigenvalue weighted by Gasteiger charge is -2.09. The van der Waals surface area contributed by atoms with Crippen molar-refractivity contribution in [1.29, 1.82) is 0 Å². The van der Waals surface area contributed by atoms with Crippen molar-refractivity contribution >= 4 is 11.8 Å². The van der Waals surface area contributed by atoms with Crippen LogP contribution in [0.25, 0.3) is 0 Å². The van der Waals surface area contributed by atoms with Gasteiger partial charge in [0, 0.05) is 17.4 Å². The van der Waals surface area contributed by atoms with Crippen LogP contribution in [-0.4, -0.2) is 21.9 Å². The first-order chi connectivity index (χ1) is 10.2. The Hall–Kier alpha value is -1.60. The molecule has 1 heterocycles. The van der Waals surface area contributed by atoms with Gasteiger partial charge in [-0.15, -0.1) is 10.2 Å². The lowest BCUT2D eigenvalue weighted by molar-refractivity contribution is 0.385. The number of thioether (sulfide) groups is 1. The number of nitrogens with zero attached hydrogens (tertiary/aromatic N) is 3. The van der Waals surface area contributed by atoms with E-state index in [9.17, 15) is 4.39 Å². The summed E-state index contributed by atoms with van der Waals surface area (Å²) in [4.78, 5) is 0. The van der Waals surface area contributed by atoms with Crippen molar-refractivity contribution in [2.45, 2.75) is 36.3 Å². The molecule has 1 aromatic heterocycles. The summed E-state index contributed by atoms with van der Waals surface area (Å²) in [5.74, 6) is 1.23. The lowest BCUT2D eigenvalue weighted by Crippen LogP contribution is -2.08. The van der Waals surface area contributed by atoms with Gasteiger partial charge in [-0.1, -0.05) is 23.9 Å². The van der Waals surface area contributed by atoms with Crippen LogP contribution >= 0.6 is 11.8 Å². The molecule has 2 aromatic rings. The second kappa shape index (κ2) is 6.03. The fourth-order valence-corrected chi connectivity index (χ4v) is 3.21. The highest BCUT2D eigenvalue weighted by Crippen LogP contribution is 2.39. The van der Waals surface area contributed by atoms with E-state index in [1.54, 1.807) is 18.2 Å². The van der Waals surface area contributed by atoms with Gasteiger partial charge in [-0.25, -0.2) is 4.39 Å². The van der Waals surface area contributed by atoms with Crippen LogP contribution in [0.4, 0.5) is 4.39 Å². The van der Waals surface area contributed by atoms with E-state index in [0.717, 1.165) is 23.8 Å². The first-order valence-electron chi connectivity index (χ1n) is 6.82. The first kappa shape index (κ1) is 14.3. The van der Waals surface area contributed by atoms with Crippen molar-refractivity contribution in [3.05, 3.63) is 35.4 Å². The van der Waals surface area contributed by atoms with E-state index in [1.807, 2.05) is 0 Å². The quantitative estimate of drug-likeness (QED) is 0.831. The number of hydrogen-bond donors (Lipinski definition) is 1. The summed E-state index contributed by atoms with van der Waals surface area (Å²) in [6, 6.07) is 5.61. The van der Waals surface area contributed by atoms with Crippen molar-refractivity contribution in [2.75, 3.05) is 7.11 Å². The maximum absolute atomic E-state index is 14.1. The van der Waals surface area contributed by atoms with Crippen LogP contribution in [-0.2, 0) is 12.3 Å². The van der Waals surface area contributed by atoms with Crippen molar-refractivity contribution in [3.8, 4) is 5.75 Å². The minimum absolute atomic E-state index is 0.263. The molecule has 0 unspecified atom stereocenters. The number of aromatic nitrogens is 3. The van der Waals surface area contributed by atoms with Crippen LogP contribution in [0.15, 0.2) is 23.4 Å². The molecule has 0 atom stereocenters. The third kappa shape index (κ3) is 2.89. The normalized spacial score (nSPS) is 14.4. The Labute approximate surface area is 126 Å². The maximum Gasteiger partial charge on any atom is 0.191 e. The van der Waals surface area contributed by atoms with Crippen LogP contribution in [0, 0.1) is 5.82 Å². The van der Waals surface area contributed by atoms with Gasteiger partial charge in [-0.3, -0.25) is 0 Å². The fourth-order valence-electron chi connectivity index (χ4n) is 2.21. The fraction of sp³-hybridized carbons (Fsp3) is 0.429. The summed E-state index contributed by atoms with van der Waals surface area (Å²) >= 11 is 1.48. The molecule has 5 nitrogen and oxygen atoms in total. The van der Waals surface area contributed by atoms with Crippen LogP contribution in [0.3, 0.4) is 0 Å². The van der Waals surface area contributed by atoms with Gasteiger partial charge < -0.3 is 15.0 Å². The highest BCUT2D eigenvalue weighted by atomic mass is 32.2. The maximum atomic E-state index is 14.1. The molecular weight excluding hydrogens is 291 g/mol. The summed E-state index contributed by atoms with van der Waals surface area (Å²) in [5.41, 5.74) is 6.29. The Morgan fingerprint density at radius 1 is 1.43 bits per heavy atom. The summed E-state index contributed by atoms with van der Waals surface area (Å²) in [6.07, 6.45) is 2.26. The molecule has 0 spiro atoms. The molecule has 0 amide bonds. The van der Waals surface area contributed by atoms with Crippen LogP contribution < -0.4 is 10.5 Å². The monoisotopic (exact) mass is 308 g/mol. The first-order valence-corrected chi connectivity index (χ1v) is 7.81. The zero-order valence-corrected chi connectivity index (χ0v) is 12.6. The molecule has 1 aromatic carbocycles. The third-order valence-electron chi connectivity index (χ3n) is 3.45. The van der Waals surface area contributed by atoms with Gasteiger partial charge in [0.25, 0.3) is 0 Å². The smallest absolute Gasteiger partial charge is 0.191 e. The SMILES string of the molecule is COc1cccc(CSc2nnc(CN)n2C2CC2)c1F. The molecule has 1 aliphatic carbocycles. The summed E-state index contributed by atoms with van der Waals surface area (Å²) < 4.78 is 21.2. The largest absolute Gasteiger partial charge is 0.494 e. The molecule has 2 N–H and O–H groups in total. The molecule has 1 saturated carbocycles. The van der Waals surface area contributed by atoms with E-state index < -0.39 is 0 Å². The predicted molar refractivity (Wildman–Crippen MR) is 78.7 cm³/mol. The molecular formula is C14H17FN4OS. The topological polar surface area (TPSA) is 66.0 Å². The molecule has 1 aliphatic rings. The number of methoxy groups -OCH3 is 1. The van der Waals surface area contributed by atoms with Crippen LogP contribution in [0.5, 0.6) is 5.75 Å². The lowest BCUT2D eigenvalue weighted by atomic mass is 10.2. The Kier molecular flexibility index (Phi) is 4.12. The Balaban J connectivity index is 1.78. The molecule has 0 radical (unpaired) electrons. The number of hydrogen-bond acceptors (Lipinski definition) is 5. The minimum atomic E-state index is -0.316. The van der Waals surface area contributed by atoms with Crippen LogP contribution in [0.2, 0.25) is 0 Å². The van der Waals surface area contributed by atoms with Gasteiger partial charge in [-0.05, 0) is 18.9 Å². The van der Waals surface area contributed by atoms with Crippen molar-refractivity contribution in [1.82, 2.24) is 14.8 Å². The Morgan fingerprint density at radius 2 is 2.24 bits per heavy atom. The molecule has 21 heavy (non-hydrogen) atoms. The summed E-state index contributed by atoms with van der Waals surface area (Å²) in [6.45, 7) is 0.373. The number of nitrogens with two attached hydrogens (primary N) is 1. The molecule has 7 heteroatoms. The third-order valence-corrected chi connectivity index (χ3v) is 4.44. The van der Waals surface area contributed by atoms with Gasteiger partial charge in [-0.2, -0.15) is 0 Å². The van der Waals surface area contributed by atoms with E-state index in [0.29, 0.717) is 23.9 Å². The molecule has 3 rings (SSSR count). The van der Waals surface area contributed by atoms with Crippen LogP contribution in [0.1, 0.15) is 30.3 Å². The van der Waals surface area contributed by atoms with Gasteiger partial charge in [0.2, 0.25) is 0 Å². The zero-order chi connectivity index (χ0) is 14.8. The van der Waals surface area contributed by atoms with E-state index in [-0.39, 0.29) is 11.6 Å². The van der Waals surface area contributed by atoms with Crippen molar-refractivity contribution in [3.63, 3.8) is 0 Å². The summed E-state index contributed by atoms with van der Waals surface area (Å²) in [7, 11) is 1.46. The molecule has 1 fully saturated rings. The van der Waals surface area contributed by atoms with Gasteiger partial charge in [0.05, 0.1) is 13.7 Å². The average Bonchev–Trinajstić information content (AvgIpc) is 3.26. The molecule has 0 saturated heterocycles. The van der Waals surface area contributed by atoms with E-state index >= 15 is 0 Å². The Morgan fingerprint density at radius 3 is 2.90 bits per heavy atom. The van der Waals surface area contributed by atoms with E-state index in [4.69, 9.17) is 10.5 Å². The number of rotatable bonds is 6. The molecule has 0 aliphatic heterocycles. The Bertz CT molecular complexity index is 642. The van der Waals surface area contributed by atoms with Crippen molar-refractivity contribution in [2.24, 2.45) is 5.73 Å². The zero-order valence-electron chi connectivity index (χ0n) is 11.8. The van der Waals surface area contributed by atoms with Gasteiger partial charge >= 0.3 is 0 Å². The summed E-state index contributed by atoms with van der Waals surface area (Å²) in [5, 5.41) is 9.10. The standard InChI is InChI=1S/C14H17FN4OS/c1-20-11-4-2-3-9(13(11)15)8-21-14-18-17-12(7-16)19(14)10-5-6-10/h2-4,10H,5-8,16H2,1H3.